The SMILES string of the molecule is Cc1cnc(CNC(=O)c2ccc(N3CCCc4ccccc43)cc2)[nH]1.O=C(O)C(F)(F)F. The number of anilines is 2. The molecule has 0 spiro atoms. The molecule has 0 fully saturated rings. The molecule has 174 valence electrons. The van der Waals surface area contributed by atoms with E-state index in [2.05, 4.69) is 44.5 Å². The molecule has 0 unspecified atom stereocenters. The number of nitrogens with one attached hydrogen (secondary N) is 2. The van der Waals surface area contributed by atoms with Crippen LogP contribution in [-0.4, -0.2) is 39.7 Å². The van der Waals surface area contributed by atoms with E-state index in [0.29, 0.717) is 12.1 Å². The molecule has 1 aliphatic rings. The summed E-state index contributed by atoms with van der Waals surface area (Å²) in [5.74, 6) is -2.09. The van der Waals surface area contributed by atoms with Crippen LogP contribution < -0.4 is 10.2 Å². The maximum atomic E-state index is 12.3. The highest BCUT2D eigenvalue weighted by molar-refractivity contribution is 5.94. The molecule has 0 radical (unpaired) electrons. The molecular weight excluding hydrogens is 437 g/mol. The minimum atomic E-state index is -5.08. The van der Waals surface area contributed by atoms with Crippen LogP contribution in [0.2, 0.25) is 0 Å². The van der Waals surface area contributed by atoms with E-state index in [1.165, 1.54) is 11.3 Å². The number of aromatic amines is 1. The number of carbonyl (C=O) groups excluding carboxylic acids is 1. The normalized spacial score (nSPS) is 12.9. The zero-order valence-electron chi connectivity index (χ0n) is 17.8. The van der Waals surface area contributed by atoms with E-state index in [-0.39, 0.29) is 5.91 Å². The van der Waals surface area contributed by atoms with Gasteiger partial charge in [0.15, 0.2) is 0 Å². The van der Waals surface area contributed by atoms with Crippen molar-refractivity contribution in [3.63, 3.8) is 0 Å². The highest BCUT2D eigenvalue weighted by Gasteiger charge is 2.38. The predicted octanol–water partition coefficient (Wildman–Crippen LogP) is 4.37. The second-order valence-electron chi connectivity index (χ2n) is 7.43. The lowest BCUT2D eigenvalue weighted by Gasteiger charge is -2.31. The summed E-state index contributed by atoms with van der Waals surface area (Å²) >= 11 is 0. The van der Waals surface area contributed by atoms with Crippen molar-refractivity contribution in [1.29, 1.82) is 0 Å². The molecule has 0 aliphatic carbocycles. The Morgan fingerprint density at radius 2 is 1.82 bits per heavy atom. The molecule has 1 amide bonds. The Labute approximate surface area is 188 Å². The highest BCUT2D eigenvalue weighted by Crippen LogP contribution is 2.33. The van der Waals surface area contributed by atoms with Crippen molar-refractivity contribution in [2.75, 3.05) is 11.4 Å². The lowest BCUT2D eigenvalue weighted by Crippen LogP contribution is -2.25. The number of carboxylic acids is 1. The molecule has 7 nitrogen and oxygen atoms in total. The zero-order chi connectivity index (χ0) is 24.0. The summed E-state index contributed by atoms with van der Waals surface area (Å²) in [5.41, 5.74) is 5.41. The van der Waals surface area contributed by atoms with E-state index in [0.717, 1.165) is 36.6 Å². The number of hydrogen-bond donors (Lipinski definition) is 3. The number of rotatable bonds is 4. The Bertz CT molecular complexity index is 1110. The number of alkyl halides is 3. The molecule has 2 aromatic carbocycles. The summed E-state index contributed by atoms with van der Waals surface area (Å²) in [6, 6.07) is 16.3. The number of aliphatic carboxylic acids is 1. The third-order valence-electron chi connectivity index (χ3n) is 4.97. The third-order valence-corrected chi connectivity index (χ3v) is 4.97. The van der Waals surface area contributed by atoms with Gasteiger partial charge in [-0.3, -0.25) is 4.79 Å². The molecule has 0 saturated heterocycles. The van der Waals surface area contributed by atoms with Gasteiger partial charge in [-0.05, 0) is 55.7 Å². The van der Waals surface area contributed by atoms with Crippen LogP contribution in [0.5, 0.6) is 0 Å². The Kier molecular flexibility index (Phi) is 7.37. The fourth-order valence-electron chi connectivity index (χ4n) is 3.42. The molecular formula is C23H23F3N4O3. The fourth-order valence-corrected chi connectivity index (χ4v) is 3.42. The van der Waals surface area contributed by atoms with Gasteiger partial charge < -0.3 is 20.3 Å². The van der Waals surface area contributed by atoms with Crippen molar-refractivity contribution in [3.8, 4) is 0 Å². The van der Waals surface area contributed by atoms with Gasteiger partial charge >= 0.3 is 12.1 Å². The second kappa shape index (κ2) is 10.2. The number of hydrogen-bond acceptors (Lipinski definition) is 4. The lowest BCUT2D eigenvalue weighted by molar-refractivity contribution is -0.192. The van der Waals surface area contributed by atoms with Gasteiger partial charge in [-0.25, -0.2) is 9.78 Å². The van der Waals surface area contributed by atoms with Crippen LogP contribution >= 0.6 is 0 Å². The first-order valence-electron chi connectivity index (χ1n) is 10.2. The van der Waals surface area contributed by atoms with E-state index in [1.54, 1.807) is 6.20 Å². The number of nitrogens with zero attached hydrogens (tertiary/aromatic N) is 2. The standard InChI is InChI=1S/C21H22N4O.C2HF3O2/c1-15-13-22-20(24-15)14-23-21(26)17-8-10-18(11-9-17)25-12-4-6-16-5-2-3-7-19(16)25;3-2(4,5)1(6)7/h2-3,5,7-11,13H,4,6,12,14H2,1H3,(H,22,24)(H,23,26);(H,6,7). The van der Waals surface area contributed by atoms with E-state index >= 15 is 0 Å². The van der Waals surface area contributed by atoms with Crippen molar-refractivity contribution in [2.24, 2.45) is 0 Å². The quantitative estimate of drug-likeness (QED) is 0.537. The number of carbonyl (C=O) groups is 2. The topological polar surface area (TPSA) is 98.3 Å². The van der Waals surface area contributed by atoms with Crippen molar-refractivity contribution in [3.05, 3.63) is 77.4 Å². The van der Waals surface area contributed by atoms with E-state index in [4.69, 9.17) is 9.90 Å². The van der Waals surface area contributed by atoms with Crippen molar-refractivity contribution >= 4 is 23.3 Å². The summed E-state index contributed by atoms with van der Waals surface area (Å²) in [7, 11) is 0. The Morgan fingerprint density at radius 1 is 1.15 bits per heavy atom. The number of para-hydroxylation sites is 1. The summed E-state index contributed by atoms with van der Waals surface area (Å²) in [6.45, 7) is 3.34. The second-order valence-corrected chi connectivity index (χ2v) is 7.43. The van der Waals surface area contributed by atoms with Crippen LogP contribution in [0, 0.1) is 6.92 Å². The molecule has 1 aliphatic heterocycles. The van der Waals surface area contributed by atoms with Crippen LogP contribution in [0.3, 0.4) is 0 Å². The number of imidazole rings is 1. The first kappa shape index (κ1) is 23.8. The number of aromatic nitrogens is 2. The zero-order valence-corrected chi connectivity index (χ0v) is 17.8. The maximum Gasteiger partial charge on any atom is 0.490 e. The van der Waals surface area contributed by atoms with Crippen LogP contribution in [0.15, 0.2) is 54.7 Å². The molecule has 3 N–H and O–H groups in total. The molecule has 2 heterocycles. The molecule has 0 atom stereocenters. The minimum Gasteiger partial charge on any atom is -0.475 e. The summed E-state index contributed by atoms with van der Waals surface area (Å²) in [6.07, 6.45) is -1.06. The van der Waals surface area contributed by atoms with Gasteiger partial charge in [0, 0.05) is 35.4 Å². The van der Waals surface area contributed by atoms with Crippen LogP contribution in [0.1, 0.15) is 33.9 Å². The Hall–Kier alpha value is -3.82. The van der Waals surface area contributed by atoms with Gasteiger partial charge in [-0.2, -0.15) is 13.2 Å². The van der Waals surface area contributed by atoms with Gasteiger partial charge in [0.25, 0.3) is 5.91 Å². The van der Waals surface area contributed by atoms with Crippen LogP contribution in [0.25, 0.3) is 0 Å². The fraction of sp³-hybridized carbons (Fsp3) is 0.261. The number of H-pyrrole nitrogens is 1. The molecule has 33 heavy (non-hydrogen) atoms. The Balaban J connectivity index is 0.000000383. The molecule has 4 rings (SSSR count). The minimum absolute atomic E-state index is 0.0929. The largest absolute Gasteiger partial charge is 0.490 e. The lowest BCUT2D eigenvalue weighted by atomic mass is 10.0. The van der Waals surface area contributed by atoms with Gasteiger partial charge in [-0.15, -0.1) is 0 Å². The number of aryl methyl sites for hydroxylation is 2. The number of amides is 1. The maximum absolute atomic E-state index is 12.3. The summed E-state index contributed by atoms with van der Waals surface area (Å²) in [4.78, 5) is 30.9. The van der Waals surface area contributed by atoms with Crippen molar-refractivity contribution in [2.45, 2.75) is 32.5 Å². The van der Waals surface area contributed by atoms with Gasteiger partial charge in [-0.1, -0.05) is 18.2 Å². The highest BCUT2D eigenvalue weighted by atomic mass is 19.4. The number of carboxylic acid groups (broad SMARTS) is 1. The summed E-state index contributed by atoms with van der Waals surface area (Å²) in [5, 5.41) is 10.0. The monoisotopic (exact) mass is 460 g/mol. The smallest absolute Gasteiger partial charge is 0.475 e. The van der Waals surface area contributed by atoms with Crippen LogP contribution in [-0.2, 0) is 17.8 Å². The van der Waals surface area contributed by atoms with Crippen molar-refractivity contribution < 1.29 is 27.9 Å². The van der Waals surface area contributed by atoms with E-state index in [9.17, 15) is 18.0 Å². The third kappa shape index (κ3) is 6.34. The van der Waals surface area contributed by atoms with E-state index < -0.39 is 12.1 Å². The van der Waals surface area contributed by atoms with E-state index in [1.807, 2.05) is 31.2 Å². The molecule has 0 saturated carbocycles. The average molecular weight is 460 g/mol. The van der Waals surface area contributed by atoms with Gasteiger partial charge in [0.05, 0.1) is 6.54 Å². The number of halogens is 3. The predicted molar refractivity (Wildman–Crippen MR) is 116 cm³/mol. The van der Waals surface area contributed by atoms with Gasteiger partial charge in [0.1, 0.15) is 5.82 Å². The molecule has 10 heteroatoms. The number of benzene rings is 2. The van der Waals surface area contributed by atoms with Gasteiger partial charge in [0.2, 0.25) is 0 Å². The van der Waals surface area contributed by atoms with Crippen molar-refractivity contribution in [1.82, 2.24) is 15.3 Å². The number of fused-ring (bicyclic) bond motifs is 1. The van der Waals surface area contributed by atoms with Crippen LogP contribution in [0.4, 0.5) is 24.5 Å². The molecule has 0 bridgehead atoms. The average Bonchev–Trinajstić information content (AvgIpc) is 3.22. The first-order chi connectivity index (χ1) is 15.6. The Morgan fingerprint density at radius 3 is 2.42 bits per heavy atom. The summed E-state index contributed by atoms with van der Waals surface area (Å²) < 4.78 is 31.7. The molecule has 1 aromatic heterocycles. The molecule has 3 aromatic rings. The first-order valence-corrected chi connectivity index (χ1v) is 10.2.